The van der Waals surface area contributed by atoms with Crippen LogP contribution < -0.4 is 0 Å². The van der Waals surface area contributed by atoms with E-state index in [-0.39, 0.29) is 0 Å². The number of hydrogen-bond acceptors (Lipinski definition) is 1. The molecule has 1 radical (unpaired) electrons. The predicted molar refractivity (Wildman–Crippen MR) is 71.0 cm³/mol. The molecule has 0 saturated heterocycles. The Morgan fingerprint density at radius 2 is 2.11 bits per heavy atom. The molecular weight excluding hydrogens is 220 g/mol. The van der Waals surface area contributed by atoms with Gasteiger partial charge in [0, 0.05) is 11.5 Å². The Kier molecular flexibility index (Phi) is 1.95. The molecule has 0 fully saturated rings. The van der Waals surface area contributed by atoms with Crippen molar-refractivity contribution < 1.29 is 4.42 Å². The predicted octanol–water partition coefficient (Wildman–Crippen LogP) is 4.25. The van der Waals surface area contributed by atoms with Gasteiger partial charge in [0.25, 0.3) is 0 Å². The lowest BCUT2D eigenvalue weighted by Gasteiger charge is -2.12. The van der Waals surface area contributed by atoms with Gasteiger partial charge in [-0.15, -0.1) is 0 Å². The van der Waals surface area contributed by atoms with Crippen LogP contribution in [0.15, 0.2) is 70.9 Å². The van der Waals surface area contributed by atoms with E-state index in [4.69, 9.17) is 4.42 Å². The second-order valence-electron chi connectivity index (χ2n) is 4.58. The SMILES string of the molecule is [C]1=C2C=CC=CC2c2ccc(-c3ccco3)cc21. The van der Waals surface area contributed by atoms with E-state index in [0.29, 0.717) is 5.92 Å². The molecule has 1 atom stereocenters. The third-order valence-corrected chi connectivity index (χ3v) is 3.50. The fourth-order valence-corrected chi connectivity index (χ4v) is 2.62. The van der Waals surface area contributed by atoms with E-state index < -0.39 is 0 Å². The molecule has 1 heterocycles. The number of benzene rings is 1. The Hall–Kier alpha value is -2.28. The molecule has 85 valence electrons. The molecule has 0 aliphatic heterocycles. The molecule has 1 heteroatoms. The number of furan rings is 1. The van der Waals surface area contributed by atoms with Gasteiger partial charge < -0.3 is 4.42 Å². The summed E-state index contributed by atoms with van der Waals surface area (Å²) in [5.74, 6) is 1.29. The monoisotopic (exact) mass is 231 g/mol. The molecular formula is C17H11O. The van der Waals surface area contributed by atoms with Crippen LogP contribution in [0.3, 0.4) is 0 Å². The summed E-state index contributed by atoms with van der Waals surface area (Å²) in [6.45, 7) is 0. The van der Waals surface area contributed by atoms with Gasteiger partial charge in [0.15, 0.2) is 0 Å². The first-order chi connectivity index (χ1) is 8.92. The maximum Gasteiger partial charge on any atom is 0.133 e. The number of hydrogen-bond donors (Lipinski definition) is 0. The molecule has 0 bridgehead atoms. The van der Waals surface area contributed by atoms with E-state index in [1.807, 2.05) is 12.1 Å². The summed E-state index contributed by atoms with van der Waals surface area (Å²) >= 11 is 0. The average Bonchev–Trinajstić information content (AvgIpc) is 3.05. The minimum atomic E-state index is 0.385. The van der Waals surface area contributed by atoms with Crippen molar-refractivity contribution in [2.75, 3.05) is 0 Å². The van der Waals surface area contributed by atoms with Crippen molar-refractivity contribution in [2.45, 2.75) is 5.92 Å². The van der Waals surface area contributed by atoms with Gasteiger partial charge in [0.1, 0.15) is 5.76 Å². The van der Waals surface area contributed by atoms with E-state index in [1.54, 1.807) is 6.26 Å². The van der Waals surface area contributed by atoms with E-state index >= 15 is 0 Å². The van der Waals surface area contributed by atoms with Gasteiger partial charge in [-0.3, -0.25) is 0 Å². The fraction of sp³-hybridized carbons (Fsp3) is 0.0588. The van der Waals surface area contributed by atoms with Gasteiger partial charge in [0.2, 0.25) is 0 Å². The van der Waals surface area contributed by atoms with Crippen molar-refractivity contribution in [3.63, 3.8) is 0 Å². The molecule has 1 nitrogen and oxygen atoms in total. The lowest BCUT2D eigenvalue weighted by Crippen LogP contribution is -1.95. The first-order valence-corrected chi connectivity index (χ1v) is 6.08. The highest BCUT2D eigenvalue weighted by atomic mass is 16.3. The fourth-order valence-electron chi connectivity index (χ4n) is 2.62. The van der Waals surface area contributed by atoms with Crippen LogP contribution in [0.1, 0.15) is 17.0 Å². The molecule has 0 spiro atoms. The van der Waals surface area contributed by atoms with Crippen LogP contribution in [0.4, 0.5) is 0 Å². The molecule has 0 amide bonds. The average molecular weight is 231 g/mol. The number of rotatable bonds is 1. The molecule has 0 N–H and O–H groups in total. The molecule has 0 saturated carbocycles. The minimum absolute atomic E-state index is 0.385. The Morgan fingerprint density at radius 3 is 3.00 bits per heavy atom. The first-order valence-electron chi connectivity index (χ1n) is 6.08. The Balaban J connectivity index is 1.85. The van der Waals surface area contributed by atoms with Gasteiger partial charge in [0.05, 0.1) is 6.26 Å². The Labute approximate surface area is 106 Å². The van der Waals surface area contributed by atoms with Crippen LogP contribution >= 0.6 is 0 Å². The summed E-state index contributed by atoms with van der Waals surface area (Å²) < 4.78 is 5.44. The lowest BCUT2D eigenvalue weighted by atomic mass is 9.92. The van der Waals surface area contributed by atoms with Crippen LogP contribution in [-0.2, 0) is 0 Å². The standard InChI is InChI=1S/C17H11O/c1-2-5-15-12(4-1)10-14-11-13(7-8-16(14)15)17-6-3-9-18-17/h1-9,11,15H. The van der Waals surface area contributed by atoms with Crippen molar-refractivity contribution in [2.24, 2.45) is 0 Å². The molecule has 1 aromatic heterocycles. The maximum atomic E-state index is 5.44. The normalized spacial score (nSPS) is 19.6. The molecule has 18 heavy (non-hydrogen) atoms. The summed E-state index contributed by atoms with van der Waals surface area (Å²) in [7, 11) is 0. The van der Waals surface area contributed by atoms with Crippen LogP contribution in [0.5, 0.6) is 0 Å². The summed E-state index contributed by atoms with van der Waals surface area (Å²) in [6, 6.07) is 10.4. The zero-order chi connectivity index (χ0) is 11.9. The van der Waals surface area contributed by atoms with E-state index in [0.717, 1.165) is 11.3 Å². The first kappa shape index (κ1) is 9.72. The molecule has 4 rings (SSSR count). The third-order valence-electron chi connectivity index (χ3n) is 3.50. The van der Waals surface area contributed by atoms with Gasteiger partial charge in [-0.05, 0) is 41.0 Å². The van der Waals surface area contributed by atoms with Gasteiger partial charge in [-0.25, -0.2) is 0 Å². The van der Waals surface area contributed by atoms with Crippen molar-refractivity contribution in [3.05, 3.63) is 83.7 Å². The van der Waals surface area contributed by atoms with Crippen molar-refractivity contribution in [1.82, 2.24) is 0 Å². The highest BCUT2D eigenvalue weighted by Gasteiger charge is 2.23. The van der Waals surface area contributed by atoms with Crippen LogP contribution in [0.25, 0.3) is 11.3 Å². The Bertz CT molecular complexity index is 684. The summed E-state index contributed by atoms with van der Waals surface area (Å²) in [5.41, 5.74) is 4.88. The Morgan fingerprint density at radius 1 is 1.11 bits per heavy atom. The maximum absolute atomic E-state index is 5.44. The van der Waals surface area contributed by atoms with E-state index in [9.17, 15) is 0 Å². The topological polar surface area (TPSA) is 13.1 Å². The molecule has 1 unspecified atom stereocenters. The highest BCUT2D eigenvalue weighted by molar-refractivity contribution is 5.64. The smallest absolute Gasteiger partial charge is 0.133 e. The third kappa shape index (κ3) is 1.34. The second kappa shape index (κ2) is 3.61. The quantitative estimate of drug-likeness (QED) is 0.715. The molecule has 1 aromatic carbocycles. The largest absolute Gasteiger partial charge is 0.464 e. The van der Waals surface area contributed by atoms with Crippen LogP contribution in [0.2, 0.25) is 0 Å². The number of fused-ring (bicyclic) bond motifs is 3. The summed E-state index contributed by atoms with van der Waals surface area (Å²) in [4.78, 5) is 0. The van der Waals surface area contributed by atoms with E-state index in [2.05, 4.69) is 48.6 Å². The van der Waals surface area contributed by atoms with Gasteiger partial charge in [-0.2, -0.15) is 0 Å². The lowest BCUT2D eigenvalue weighted by molar-refractivity contribution is 0.582. The zero-order valence-corrected chi connectivity index (χ0v) is 9.76. The number of allylic oxidation sites excluding steroid dienone is 5. The second-order valence-corrected chi connectivity index (χ2v) is 4.58. The van der Waals surface area contributed by atoms with Crippen LogP contribution in [0, 0.1) is 6.08 Å². The van der Waals surface area contributed by atoms with Gasteiger partial charge in [-0.1, -0.05) is 36.4 Å². The van der Waals surface area contributed by atoms with Gasteiger partial charge >= 0.3 is 0 Å². The van der Waals surface area contributed by atoms with Crippen molar-refractivity contribution >= 4 is 0 Å². The van der Waals surface area contributed by atoms with Crippen molar-refractivity contribution in [3.8, 4) is 11.3 Å². The van der Waals surface area contributed by atoms with Crippen molar-refractivity contribution in [1.29, 1.82) is 0 Å². The molecule has 2 aromatic rings. The minimum Gasteiger partial charge on any atom is -0.464 e. The summed E-state index contributed by atoms with van der Waals surface area (Å²) in [5, 5.41) is 0. The van der Waals surface area contributed by atoms with E-state index in [1.165, 1.54) is 16.7 Å². The van der Waals surface area contributed by atoms with Crippen LogP contribution in [-0.4, -0.2) is 0 Å². The molecule has 2 aliphatic rings. The summed E-state index contributed by atoms with van der Waals surface area (Å²) in [6.07, 6.45) is 13.7. The highest BCUT2D eigenvalue weighted by Crippen LogP contribution is 2.39. The molecule has 2 aliphatic carbocycles. The zero-order valence-electron chi connectivity index (χ0n) is 9.76.